The number of hydrogen-bond donors (Lipinski definition) is 1. The van der Waals surface area contributed by atoms with Gasteiger partial charge in [-0.15, -0.1) is 0 Å². The van der Waals surface area contributed by atoms with Crippen LogP contribution in [0, 0.1) is 11.3 Å². The predicted octanol–water partition coefficient (Wildman–Crippen LogP) is 4.77. The van der Waals surface area contributed by atoms with Crippen LogP contribution in [0.3, 0.4) is 0 Å². The number of rotatable bonds is 8. The van der Waals surface area contributed by atoms with Gasteiger partial charge >= 0.3 is 6.03 Å². The van der Waals surface area contributed by atoms with Crippen LogP contribution < -0.4 is 5.32 Å². The molecule has 0 unspecified atom stereocenters. The predicted molar refractivity (Wildman–Crippen MR) is 90.8 cm³/mol. The van der Waals surface area contributed by atoms with Crippen molar-refractivity contribution in [3.05, 3.63) is 29.8 Å². The molecule has 0 saturated heterocycles. The van der Waals surface area contributed by atoms with Crippen molar-refractivity contribution in [2.45, 2.75) is 58.9 Å². The number of nitriles is 1. The molecular weight excluding hydrogens is 274 g/mol. The van der Waals surface area contributed by atoms with E-state index in [1.807, 2.05) is 11.0 Å². The summed E-state index contributed by atoms with van der Waals surface area (Å²) in [7, 11) is 0. The lowest BCUT2D eigenvalue weighted by Crippen LogP contribution is -2.42. The molecule has 4 heteroatoms. The first kappa shape index (κ1) is 18.0. The van der Waals surface area contributed by atoms with Crippen molar-refractivity contribution in [2.75, 3.05) is 11.9 Å². The van der Waals surface area contributed by atoms with E-state index in [1.165, 1.54) is 0 Å². The van der Waals surface area contributed by atoms with Gasteiger partial charge in [0.25, 0.3) is 0 Å². The fraction of sp³-hybridized carbons (Fsp3) is 0.556. The molecule has 1 atom stereocenters. The monoisotopic (exact) mass is 301 g/mol. The Morgan fingerprint density at radius 3 is 2.73 bits per heavy atom. The van der Waals surface area contributed by atoms with Crippen molar-refractivity contribution >= 4 is 11.7 Å². The molecule has 0 aliphatic rings. The van der Waals surface area contributed by atoms with Crippen LogP contribution >= 0.6 is 0 Å². The van der Waals surface area contributed by atoms with Gasteiger partial charge in [0, 0.05) is 18.3 Å². The van der Waals surface area contributed by atoms with Crippen LogP contribution in [-0.4, -0.2) is 23.5 Å². The minimum absolute atomic E-state index is 0.0767. The largest absolute Gasteiger partial charge is 0.322 e. The van der Waals surface area contributed by atoms with Gasteiger partial charge in [0.15, 0.2) is 0 Å². The van der Waals surface area contributed by atoms with E-state index in [1.54, 1.807) is 18.2 Å². The third kappa shape index (κ3) is 5.77. The Hall–Kier alpha value is -2.02. The lowest BCUT2D eigenvalue weighted by Gasteiger charge is -2.29. The number of amides is 2. The van der Waals surface area contributed by atoms with Gasteiger partial charge in [-0.05, 0) is 38.0 Å². The highest BCUT2D eigenvalue weighted by Crippen LogP contribution is 2.14. The van der Waals surface area contributed by atoms with Crippen LogP contribution in [-0.2, 0) is 0 Å². The van der Waals surface area contributed by atoms with E-state index in [-0.39, 0.29) is 12.1 Å². The Morgan fingerprint density at radius 2 is 2.09 bits per heavy atom. The Morgan fingerprint density at radius 1 is 1.32 bits per heavy atom. The summed E-state index contributed by atoms with van der Waals surface area (Å²) >= 11 is 0. The van der Waals surface area contributed by atoms with Gasteiger partial charge in [-0.1, -0.05) is 39.2 Å². The van der Waals surface area contributed by atoms with E-state index >= 15 is 0 Å². The van der Waals surface area contributed by atoms with Crippen molar-refractivity contribution in [1.29, 1.82) is 5.26 Å². The zero-order chi connectivity index (χ0) is 16.4. The number of urea groups is 1. The fourth-order valence-corrected chi connectivity index (χ4v) is 2.49. The Bertz CT molecular complexity index is 507. The molecule has 0 aromatic heterocycles. The standard InChI is InChI=1S/C18H27N3O/c1-4-6-7-12-21(15(3)9-5-2)18(22)20-17-11-8-10-16(13-17)14-19/h8,10-11,13,15H,4-7,9,12H2,1-3H3,(H,20,22)/t15-/m0/s1. The van der Waals surface area contributed by atoms with Crippen molar-refractivity contribution in [3.63, 3.8) is 0 Å². The van der Waals surface area contributed by atoms with Crippen LogP contribution in [0.5, 0.6) is 0 Å². The molecule has 4 nitrogen and oxygen atoms in total. The van der Waals surface area contributed by atoms with Gasteiger partial charge in [0.05, 0.1) is 11.6 Å². The number of anilines is 1. The highest BCUT2D eigenvalue weighted by molar-refractivity contribution is 5.89. The van der Waals surface area contributed by atoms with Gasteiger partial charge in [-0.2, -0.15) is 5.26 Å². The molecule has 0 bridgehead atoms. The minimum Gasteiger partial charge on any atom is -0.322 e. The topological polar surface area (TPSA) is 56.1 Å². The summed E-state index contributed by atoms with van der Waals surface area (Å²) in [6, 6.07) is 9.26. The average Bonchev–Trinajstić information content (AvgIpc) is 2.51. The molecule has 0 aliphatic carbocycles. The highest BCUT2D eigenvalue weighted by atomic mass is 16.2. The van der Waals surface area contributed by atoms with Crippen LogP contribution in [0.15, 0.2) is 24.3 Å². The van der Waals surface area contributed by atoms with Crippen LogP contribution in [0.1, 0.15) is 58.4 Å². The Balaban J connectivity index is 2.74. The molecule has 0 heterocycles. The Labute approximate surface area is 134 Å². The summed E-state index contributed by atoms with van der Waals surface area (Å²) in [4.78, 5) is 14.5. The molecule has 120 valence electrons. The first-order valence-corrected chi connectivity index (χ1v) is 8.20. The van der Waals surface area contributed by atoms with E-state index in [4.69, 9.17) is 5.26 Å². The van der Waals surface area contributed by atoms with Crippen LogP contribution in [0.25, 0.3) is 0 Å². The molecule has 1 rings (SSSR count). The van der Waals surface area contributed by atoms with Crippen molar-refractivity contribution in [1.82, 2.24) is 4.90 Å². The van der Waals surface area contributed by atoms with Crippen molar-refractivity contribution < 1.29 is 4.79 Å². The first-order chi connectivity index (χ1) is 10.6. The summed E-state index contributed by atoms with van der Waals surface area (Å²) in [6.07, 6.45) is 5.35. The molecule has 0 saturated carbocycles. The number of carbonyl (C=O) groups is 1. The zero-order valence-electron chi connectivity index (χ0n) is 13.9. The van der Waals surface area contributed by atoms with Gasteiger partial charge in [-0.25, -0.2) is 4.79 Å². The van der Waals surface area contributed by atoms with Gasteiger partial charge in [0.2, 0.25) is 0 Å². The number of benzene rings is 1. The maximum absolute atomic E-state index is 12.6. The van der Waals surface area contributed by atoms with E-state index in [2.05, 4.69) is 32.2 Å². The number of carbonyl (C=O) groups excluding carboxylic acids is 1. The summed E-state index contributed by atoms with van der Waals surface area (Å²) in [5.41, 5.74) is 1.23. The summed E-state index contributed by atoms with van der Waals surface area (Å²) in [5.74, 6) is 0. The van der Waals surface area contributed by atoms with E-state index < -0.39 is 0 Å². The molecule has 0 radical (unpaired) electrons. The third-order valence-electron chi connectivity index (χ3n) is 3.74. The van der Waals surface area contributed by atoms with Crippen molar-refractivity contribution in [3.8, 4) is 6.07 Å². The first-order valence-electron chi connectivity index (χ1n) is 8.20. The van der Waals surface area contributed by atoms with Gasteiger partial charge < -0.3 is 10.2 Å². The lowest BCUT2D eigenvalue weighted by atomic mass is 10.1. The second-order valence-corrected chi connectivity index (χ2v) is 5.66. The molecule has 1 N–H and O–H groups in total. The van der Waals surface area contributed by atoms with E-state index in [9.17, 15) is 4.79 Å². The summed E-state index contributed by atoms with van der Waals surface area (Å²) < 4.78 is 0. The van der Waals surface area contributed by atoms with Gasteiger partial charge in [0.1, 0.15) is 0 Å². The lowest BCUT2D eigenvalue weighted by molar-refractivity contribution is 0.187. The van der Waals surface area contributed by atoms with Crippen LogP contribution in [0.4, 0.5) is 10.5 Å². The normalized spacial score (nSPS) is 11.5. The number of unbranched alkanes of at least 4 members (excludes halogenated alkanes) is 2. The molecule has 2 amide bonds. The van der Waals surface area contributed by atoms with Crippen LogP contribution in [0.2, 0.25) is 0 Å². The fourth-order valence-electron chi connectivity index (χ4n) is 2.49. The second-order valence-electron chi connectivity index (χ2n) is 5.66. The number of nitrogens with zero attached hydrogens (tertiary/aromatic N) is 2. The maximum Gasteiger partial charge on any atom is 0.322 e. The maximum atomic E-state index is 12.6. The van der Waals surface area contributed by atoms with E-state index in [0.717, 1.165) is 38.6 Å². The zero-order valence-corrected chi connectivity index (χ0v) is 13.9. The molecule has 0 spiro atoms. The molecular formula is C18H27N3O. The highest BCUT2D eigenvalue weighted by Gasteiger charge is 2.19. The Kier molecular flexibility index (Phi) is 8.06. The molecule has 0 fully saturated rings. The molecule has 0 aliphatic heterocycles. The van der Waals surface area contributed by atoms with Gasteiger partial charge in [-0.3, -0.25) is 0 Å². The smallest absolute Gasteiger partial charge is 0.322 e. The number of hydrogen-bond acceptors (Lipinski definition) is 2. The minimum atomic E-state index is -0.0767. The second kappa shape index (κ2) is 9.83. The molecule has 1 aromatic rings. The third-order valence-corrected chi connectivity index (χ3v) is 3.74. The average molecular weight is 301 g/mol. The quantitative estimate of drug-likeness (QED) is 0.703. The number of nitrogens with one attached hydrogen (secondary N) is 1. The molecule has 22 heavy (non-hydrogen) atoms. The summed E-state index contributed by atoms with van der Waals surface area (Å²) in [6.45, 7) is 7.17. The van der Waals surface area contributed by atoms with E-state index in [0.29, 0.717) is 11.3 Å². The molecule has 1 aromatic carbocycles. The summed E-state index contributed by atoms with van der Waals surface area (Å²) in [5, 5.41) is 11.9. The SMILES string of the molecule is CCCCCN(C(=O)Nc1cccc(C#N)c1)[C@@H](C)CCC. The van der Waals surface area contributed by atoms with Crippen molar-refractivity contribution in [2.24, 2.45) is 0 Å².